The number of anilines is 1. The molecule has 0 unspecified atom stereocenters. The lowest BCUT2D eigenvalue weighted by Gasteiger charge is -2.34. The van der Waals surface area contributed by atoms with E-state index in [0.717, 1.165) is 29.1 Å². The molecule has 0 spiro atoms. The maximum atomic E-state index is 12.7. The number of carbonyl (C=O) groups excluding carboxylic acids is 1. The minimum absolute atomic E-state index is 0.149. The summed E-state index contributed by atoms with van der Waals surface area (Å²) < 4.78 is 0. The van der Waals surface area contributed by atoms with Crippen molar-refractivity contribution in [2.24, 2.45) is 0 Å². The number of nitrogens with zero attached hydrogens (tertiary/aromatic N) is 2. The maximum Gasteiger partial charge on any atom is 0.164 e. The number of hydrazine groups is 1. The number of hydrogen-bond acceptors (Lipinski definition) is 3. The van der Waals surface area contributed by atoms with Crippen LogP contribution < -0.4 is 5.01 Å². The Morgan fingerprint density at radius 3 is 2.18 bits per heavy atom. The van der Waals surface area contributed by atoms with Crippen LogP contribution >= 0.6 is 11.6 Å². The van der Waals surface area contributed by atoms with E-state index in [1.807, 2.05) is 72.8 Å². The Morgan fingerprint density at radius 1 is 0.857 bits per heavy atom. The zero-order chi connectivity index (χ0) is 19.3. The second kappa shape index (κ2) is 8.32. The van der Waals surface area contributed by atoms with Crippen LogP contribution in [-0.2, 0) is 0 Å². The van der Waals surface area contributed by atoms with Crippen molar-refractivity contribution in [2.75, 3.05) is 18.1 Å². The SMILES string of the molecule is O=C(CCN1C(c2ccccc2)=CCN1c1ccc(Cl)cc1)c1ccccc1. The molecule has 4 heteroatoms. The third-order valence-electron chi connectivity index (χ3n) is 4.87. The largest absolute Gasteiger partial charge is 0.294 e. The van der Waals surface area contributed by atoms with Gasteiger partial charge in [-0.15, -0.1) is 0 Å². The van der Waals surface area contributed by atoms with Gasteiger partial charge >= 0.3 is 0 Å². The lowest BCUT2D eigenvalue weighted by Crippen LogP contribution is -2.38. The van der Waals surface area contributed by atoms with Gasteiger partial charge in [-0.25, -0.2) is 0 Å². The summed E-state index contributed by atoms with van der Waals surface area (Å²) in [6.07, 6.45) is 2.65. The number of halogens is 1. The minimum atomic E-state index is 0.149. The molecule has 0 fully saturated rings. The molecule has 0 bridgehead atoms. The highest BCUT2D eigenvalue weighted by atomic mass is 35.5. The highest BCUT2D eigenvalue weighted by Gasteiger charge is 2.25. The highest BCUT2D eigenvalue weighted by molar-refractivity contribution is 6.30. The minimum Gasteiger partial charge on any atom is -0.294 e. The van der Waals surface area contributed by atoms with Gasteiger partial charge in [0.2, 0.25) is 0 Å². The summed E-state index contributed by atoms with van der Waals surface area (Å²) in [5, 5.41) is 5.10. The van der Waals surface area contributed by atoms with E-state index in [1.54, 1.807) is 0 Å². The third kappa shape index (κ3) is 3.95. The molecule has 0 N–H and O–H groups in total. The lowest BCUT2D eigenvalue weighted by molar-refractivity contribution is 0.0973. The quantitative estimate of drug-likeness (QED) is 0.507. The smallest absolute Gasteiger partial charge is 0.164 e. The van der Waals surface area contributed by atoms with Crippen LogP contribution in [-0.4, -0.2) is 23.9 Å². The molecule has 1 aliphatic rings. The van der Waals surface area contributed by atoms with Gasteiger partial charge in [0.25, 0.3) is 0 Å². The van der Waals surface area contributed by atoms with Gasteiger partial charge in [-0.05, 0) is 35.9 Å². The Hall–Kier alpha value is -3.04. The number of ketones is 1. The predicted octanol–water partition coefficient (Wildman–Crippen LogP) is 5.69. The summed E-state index contributed by atoms with van der Waals surface area (Å²) >= 11 is 6.06. The zero-order valence-electron chi connectivity index (χ0n) is 15.5. The number of carbonyl (C=O) groups is 1. The Balaban J connectivity index is 1.58. The second-order valence-electron chi connectivity index (χ2n) is 6.68. The summed E-state index contributed by atoms with van der Waals surface area (Å²) in [7, 11) is 0. The molecule has 0 amide bonds. The lowest BCUT2D eigenvalue weighted by atomic mass is 10.1. The predicted molar refractivity (Wildman–Crippen MR) is 115 cm³/mol. The molecule has 0 saturated heterocycles. The van der Waals surface area contributed by atoms with Crippen LogP contribution in [0.4, 0.5) is 5.69 Å². The van der Waals surface area contributed by atoms with E-state index < -0.39 is 0 Å². The van der Waals surface area contributed by atoms with Crippen LogP contribution in [0.25, 0.3) is 5.70 Å². The van der Waals surface area contributed by atoms with Gasteiger partial charge in [0.05, 0.1) is 17.9 Å². The molecule has 4 rings (SSSR count). The van der Waals surface area contributed by atoms with Crippen LogP contribution in [0.2, 0.25) is 5.02 Å². The van der Waals surface area contributed by atoms with Crippen LogP contribution in [0.5, 0.6) is 0 Å². The Bertz CT molecular complexity index is 969. The maximum absolute atomic E-state index is 12.7. The second-order valence-corrected chi connectivity index (χ2v) is 7.11. The van der Waals surface area contributed by atoms with Crippen LogP contribution in [0.15, 0.2) is 91.0 Å². The van der Waals surface area contributed by atoms with E-state index in [0.29, 0.717) is 18.0 Å². The van der Waals surface area contributed by atoms with Crippen molar-refractivity contribution in [1.29, 1.82) is 0 Å². The number of benzene rings is 3. The Kier molecular flexibility index (Phi) is 5.45. The van der Waals surface area contributed by atoms with E-state index in [-0.39, 0.29) is 5.78 Å². The van der Waals surface area contributed by atoms with Crippen molar-refractivity contribution < 1.29 is 4.79 Å². The molecule has 1 aliphatic heterocycles. The first-order chi connectivity index (χ1) is 13.7. The third-order valence-corrected chi connectivity index (χ3v) is 5.12. The number of hydrogen-bond donors (Lipinski definition) is 0. The molecule has 0 atom stereocenters. The van der Waals surface area contributed by atoms with Crippen LogP contribution in [0.1, 0.15) is 22.3 Å². The highest BCUT2D eigenvalue weighted by Crippen LogP contribution is 2.31. The monoisotopic (exact) mass is 388 g/mol. The van der Waals surface area contributed by atoms with Gasteiger partial charge in [0, 0.05) is 23.6 Å². The van der Waals surface area contributed by atoms with Crippen molar-refractivity contribution in [3.63, 3.8) is 0 Å². The van der Waals surface area contributed by atoms with Gasteiger partial charge < -0.3 is 0 Å². The van der Waals surface area contributed by atoms with Crippen molar-refractivity contribution in [2.45, 2.75) is 6.42 Å². The molecule has 0 aliphatic carbocycles. The molecule has 28 heavy (non-hydrogen) atoms. The Morgan fingerprint density at radius 2 is 1.50 bits per heavy atom. The van der Waals surface area contributed by atoms with Crippen molar-refractivity contribution in [3.05, 3.63) is 107 Å². The fourth-order valence-electron chi connectivity index (χ4n) is 3.46. The van der Waals surface area contributed by atoms with E-state index in [2.05, 4.69) is 28.2 Å². The molecule has 140 valence electrons. The summed E-state index contributed by atoms with van der Waals surface area (Å²) in [4.78, 5) is 12.7. The van der Waals surface area contributed by atoms with Gasteiger partial charge in [-0.2, -0.15) is 0 Å². The molecule has 0 saturated carbocycles. The first-order valence-corrected chi connectivity index (χ1v) is 9.74. The van der Waals surface area contributed by atoms with E-state index in [4.69, 9.17) is 11.6 Å². The van der Waals surface area contributed by atoms with Gasteiger partial charge in [-0.3, -0.25) is 14.8 Å². The fourth-order valence-corrected chi connectivity index (χ4v) is 3.58. The zero-order valence-corrected chi connectivity index (χ0v) is 16.2. The molecule has 3 nitrogen and oxygen atoms in total. The topological polar surface area (TPSA) is 23.6 Å². The molecular weight excluding hydrogens is 368 g/mol. The Labute approximate surface area is 170 Å². The standard InChI is InChI=1S/C24H21ClN2O/c25-21-11-13-22(14-12-21)26-17-15-23(19-7-3-1-4-8-19)27(26)18-16-24(28)20-9-5-2-6-10-20/h1-15H,16-18H2. The number of Topliss-reactive ketones (excluding diaryl/α,β-unsaturated/α-hetero) is 1. The summed E-state index contributed by atoms with van der Waals surface area (Å²) in [6.45, 7) is 1.36. The van der Waals surface area contributed by atoms with Crippen molar-refractivity contribution in [1.82, 2.24) is 5.01 Å². The molecule has 3 aromatic carbocycles. The normalized spacial score (nSPS) is 13.5. The van der Waals surface area contributed by atoms with Crippen molar-refractivity contribution >= 4 is 28.8 Å². The average molecular weight is 389 g/mol. The van der Waals surface area contributed by atoms with Crippen LogP contribution in [0.3, 0.4) is 0 Å². The van der Waals surface area contributed by atoms with E-state index in [1.165, 1.54) is 0 Å². The van der Waals surface area contributed by atoms with Gasteiger partial charge in [-0.1, -0.05) is 72.3 Å². The fraction of sp³-hybridized carbons (Fsp3) is 0.125. The molecule has 1 heterocycles. The van der Waals surface area contributed by atoms with Gasteiger partial charge in [0.1, 0.15) is 0 Å². The van der Waals surface area contributed by atoms with E-state index in [9.17, 15) is 4.79 Å². The summed E-state index contributed by atoms with van der Waals surface area (Å²) in [6, 6.07) is 27.6. The van der Waals surface area contributed by atoms with Gasteiger partial charge in [0.15, 0.2) is 5.78 Å². The first-order valence-electron chi connectivity index (χ1n) is 9.37. The molecule has 0 aromatic heterocycles. The number of rotatable bonds is 6. The molecule has 0 radical (unpaired) electrons. The summed E-state index contributed by atoms with van der Waals surface area (Å²) in [5.41, 5.74) is 4.08. The summed E-state index contributed by atoms with van der Waals surface area (Å²) in [5.74, 6) is 0.149. The van der Waals surface area contributed by atoms with Crippen LogP contribution in [0, 0.1) is 0 Å². The molecule has 3 aromatic rings. The van der Waals surface area contributed by atoms with Crippen molar-refractivity contribution in [3.8, 4) is 0 Å². The first kappa shape index (κ1) is 18.3. The average Bonchev–Trinajstić information content (AvgIpc) is 3.17. The van der Waals surface area contributed by atoms with E-state index >= 15 is 0 Å². The molecular formula is C24H21ClN2O.